The van der Waals surface area contributed by atoms with Crippen molar-refractivity contribution in [2.75, 3.05) is 24.4 Å². The summed E-state index contributed by atoms with van der Waals surface area (Å²) in [6, 6.07) is 0. The largest absolute Gasteiger partial charge is 0.228 e. The first kappa shape index (κ1) is 14.4. The number of sulfonamides is 1. The van der Waals surface area contributed by atoms with Crippen LogP contribution in [-0.2, 0) is 19.9 Å². The summed E-state index contributed by atoms with van der Waals surface area (Å²) in [7, 11) is -7.19. The molecular formula is C8H16BrNO4S2. The van der Waals surface area contributed by atoms with Gasteiger partial charge in [0.1, 0.15) is 0 Å². The van der Waals surface area contributed by atoms with Crippen molar-refractivity contribution in [3.8, 4) is 0 Å². The molecule has 0 amide bonds. The second-order valence-corrected chi connectivity index (χ2v) is 9.95. The number of nitrogens with zero attached hydrogens (tertiary/aromatic N) is 1. The van der Waals surface area contributed by atoms with Gasteiger partial charge >= 0.3 is 0 Å². The van der Waals surface area contributed by atoms with Gasteiger partial charge in [0.2, 0.25) is 10.0 Å². The van der Waals surface area contributed by atoms with Crippen molar-refractivity contribution in [1.29, 1.82) is 0 Å². The lowest BCUT2D eigenvalue weighted by Crippen LogP contribution is -2.45. The zero-order valence-corrected chi connectivity index (χ0v) is 12.5. The second-order valence-electron chi connectivity index (χ2n) is 4.30. The van der Waals surface area contributed by atoms with E-state index in [0.29, 0.717) is 19.0 Å². The molecule has 2 unspecified atom stereocenters. The van der Waals surface area contributed by atoms with Crippen LogP contribution in [0.1, 0.15) is 13.3 Å². The highest BCUT2D eigenvalue weighted by Crippen LogP contribution is 2.25. The molecule has 0 aromatic rings. The van der Waals surface area contributed by atoms with Crippen molar-refractivity contribution in [2.24, 2.45) is 5.92 Å². The minimum atomic E-state index is -3.68. The first-order chi connectivity index (χ1) is 7.12. The average Bonchev–Trinajstić information content (AvgIpc) is 2.05. The van der Waals surface area contributed by atoms with Gasteiger partial charge in [0.05, 0.1) is 0 Å². The highest BCUT2D eigenvalue weighted by atomic mass is 79.9. The summed E-state index contributed by atoms with van der Waals surface area (Å²) >= 11 is 3.41. The van der Waals surface area contributed by atoms with Gasteiger partial charge in [0.25, 0.3) is 0 Å². The highest BCUT2D eigenvalue weighted by Gasteiger charge is 2.33. The lowest BCUT2D eigenvalue weighted by molar-refractivity contribution is 0.301. The van der Waals surface area contributed by atoms with Crippen LogP contribution in [0, 0.1) is 5.92 Å². The molecule has 0 aromatic heterocycles. The van der Waals surface area contributed by atoms with Gasteiger partial charge in [-0.1, -0.05) is 22.9 Å². The summed E-state index contributed by atoms with van der Waals surface area (Å²) in [6.45, 7) is 2.79. The van der Waals surface area contributed by atoms with E-state index in [4.69, 9.17) is 0 Å². The first-order valence-electron chi connectivity index (χ1n) is 4.91. The Morgan fingerprint density at radius 3 is 2.31 bits per heavy atom. The molecular weight excluding hydrogens is 318 g/mol. The van der Waals surface area contributed by atoms with Crippen LogP contribution in [-0.4, -0.2) is 50.4 Å². The van der Waals surface area contributed by atoms with Crippen LogP contribution in [0.25, 0.3) is 0 Å². The summed E-state index contributed by atoms with van der Waals surface area (Å²) in [5.41, 5.74) is 0. The molecule has 0 aliphatic carbocycles. The number of alkyl halides is 1. The van der Waals surface area contributed by atoms with Gasteiger partial charge in [0.15, 0.2) is 14.9 Å². The van der Waals surface area contributed by atoms with Crippen molar-refractivity contribution in [1.82, 2.24) is 4.31 Å². The van der Waals surface area contributed by atoms with Gasteiger partial charge < -0.3 is 0 Å². The Morgan fingerprint density at radius 1 is 1.31 bits per heavy atom. The molecule has 0 saturated carbocycles. The van der Waals surface area contributed by atoms with Gasteiger partial charge in [-0.25, -0.2) is 16.8 Å². The fourth-order valence-electron chi connectivity index (χ4n) is 1.59. The van der Waals surface area contributed by atoms with Crippen molar-refractivity contribution in [3.05, 3.63) is 0 Å². The van der Waals surface area contributed by atoms with Gasteiger partial charge in [-0.2, -0.15) is 4.31 Å². The van der Waals surface area contributed by atoms with E-state index in [1.165, 1.54) is 4.31 Å². The Kier molecular flexibility index (Phi) is 4.42. The number of rotatable bonds is 3. The van der Waals surface area contributed by atoms with Crippen molar-refractivity contribution >= 4 is 35.8 Å². The summed E-state index contributed by atoms with van der Waals surface area (Å²) < 4.78 is 46.9. The van der Waals surface area contributed by atoms with Crippen molar-refractivity contribution in [3.63, 3.8) is 0 Å². The molecule has 0 bridgehead atoms. The minimum Gasteiger partial charge on any atom is -0.228 e. The van der Waals surface area contributed by atoms with Crippen LogP contribution in [0.5, 0.6) is 0 Å². The van der Waals surface area contributed by atoms with E-state index in [-0.39, 0.29) is 4.83 Å². The minimum absolute atomic E-state index is 0.0931. The van der Waals surface area contributed by atoms with Crippen LogP contribution in [0.15, 0.2) is 0 Å². The number of hydrogen-bond donors (Lipinski definition) is 0. The number of hydrogen-bond acceptors (Lipinski definition) is 4. The number of halogens is 1. The fourth-order valence-corrected chi connectivity index (χ4v) is 5.93. The summed E-state index contributed by atoms with van der Waals surface area (Å²) in [5, 5.41) is -0.798. The second kappa shape index (κ2) is 4.91. The van der Waals surface area contributed by atoms with Crippen LogP contribution in [0.3, 0.4) is 0 Å². The lowest BCUT2D eigenvalue weighted by Gasteiger charge is -2.33. The maximum absolute atomic E-state index is 11.8. The molecule has 0 radical (unpaired) electrons. The zero-order chi connectivity index (χ0) is 12.6. The van der Waals surface area contributed by atoms with E-state index in [2.05, 4.69) is 15.9 Å². The van der Waals surface area contributed by atoms with E-state index >= 15 is 0 Å². The Labute approximate surface area is 105 Å². The predicted molar refractivity (Wildman–Crippen MR) is 66.7 cm³/mol. The number of sulfone groups is 1. The quantitative estimate of drug-likeness (QED) is 0.702. The molecule has 1 saturated heterocycles. The molecule has 8 heteroatoms. The Hall–Kier alpha value is 0.340. The maximum Gasteiger partial charge on any atom is 0.228 e. The van der Waals surface area contributed by atoms with Crippen LogP contribution in [0.4, 0.5) is 0 Å². The van der Waals surface area contributed by atoms with Crippen molar-refractivity contribution < 1.29 is 16.8 Å². The molecule has 1 aliphatic rings. The smallest absolute Gasteiger partial charge is 0.228 e. The third-order valence-electron chi connectivity index (χ3n) is 2.59. The van der Waals surface area contributed by atoms with Crippen LogP contribution < -0.4 is 0 Å². The Balaban J connectivity index is 2.79. The Bertz CT molecular complexity index is 445. The van der Waals surface area contributed by atoms with Gasteiger partial charge in [0, 0.05) is 24.2 Å². The number of piperidine rings is 1. The molecule has 0 aromatic carbocycles. The molecule has 16 heavy (non-hydrogen) atoms. The molecule has 1 aliphatic heterocycles. The molecule has 0 spiro atoms. The molecule has 1 rings (SSSR count). The fraction of sp³-hybridized carbons (Fsp3) is 1.00. The molecule has 0 N–H and O–H groups in total. The summed E-state index contributed by atoms with van der Waals surface area (Å²) in [4.78, 5) is 0.0931. The van der Waals surface area contributed by atoms with E-state index in [9.17, 15) is 16.8 Å². The van der Waals surface area contributed by atoms with Crippen molar-refractivity contribution in [2.45, 2.75) is 18.2 Å². The zero-order valence-electron chi connectivity index (χ0n) is 9.26. The average molecular weight is 334 g/mol. The third kappa shape index (κ3) is 3.97. The van der Waals surface area contributed by atoms with E-state index < -0.39 is 24.9 Å². The van der Waals surface area contributed by atoms with Crippen LogP contribution >= 0.6 is 15.9 Å². The highest BCUT2D eigenvalue weighted by molar-refractivity contribution is 9.09. The summed E-state index contributed by atoms with van der Waals surface area (Å²) in [5.74, 6) is 0.407. The molecule has 96 valence electrons. The first-order valence-corrected chi connectivity index (χ1v) is 9.50. The predicted octanol–water partition coefficient (Wildman–Crippen LogP) is 0.424. The normalized spacial score (nSPS) is 29.2. The standard InChI is InChI=1S/C8H16BrNO4S2/c1-7-3-4-10(5-8(7)9)16(13,14)6-15(2,11)12/h7-8H,3-6H2,1-2H3. The molecule has 1 heterocycles. The van der Waals surface area contributed by atoms with E-state index in [1.807, 2.05) is 6.92 Å². The maximum atomic E-state index is 11.8. The molecule has 5 nitrogen and oxygen atoms in total. The summed E-state index contributed by atoms with van der Waals surface area (Å²) in [6.07, 6.45) is 1.68. The van der Waals surface area contributed by atoms with Gasteiger partial charge in [-0.15, -0.1) is 0 Å². The lowest BCUT2D eigenvalue weighted by atomic mass is 10.0. The van der Waals surface area contributed by atoms with Crippen LogP contribution in [0.2, 0.25) is 0 Å². The third-order valence-corrected chi connectivity index (χ3v) is 7.80. The van der Waals surface area contributed by atoms with E-state index in [1.54, 1.807) is 0 Å². The molecule has 2 atom stereocenters. The SMILES string of the molecule is CC1CCN(S(=O)(=O)CS(C)(=O)=O)CC1Br. The van der Waals surface area contributed by atoms with Gasteiger partial charge in [-0.3, -0.25) is 0 Å². The molecule has 1 fully saturated rings. The monoisotopic (exact) mass is 333 g/mol. The van der Waals surface area contributed by atoms with Gasteiger partial charge in [-0.05, 0) is 12.3 Å². The topological polar surface area (TPSA) is 71.5 Å². The Morgan fingerprint density at radius 2 is 1.88 bits per heavy atom. The van der Waals surface area contributed by atoms with E-state index in [0.717, 1.165) is 12.7 Å².